The van der Waals surface area contributed by atoms with Crippen LogP contribution in [0.2, 0.25) is 0 Å². The number of amides is 1. The Morgan fingerprint density at radius 1 is 1.30 bits per heavy atom. The highest BCUT2D eigenvalue weighted by atomic mass is 16.5. The third-order valence-electron chi connectivity index (χ3n) is 5.45. The number of anilines is 1. The Kier molecular flexibility index (Phi) is 5.03. The Labute approximate surface area is 174 Å². The summed E-state index contributed by atoms with van der Waals surface area (Å²) in [6.07, 6.45) is 0.920. The molecule has 0 fully saturated rings. The third kappa shape index (κ3) is 3.32. The van der Waals surface area contributed by atoms with Crippen LogP contribution in [0.15, 0.2) is 42.5 Å². The standard InChI is InChI=1S/C23H23N3O4/c1-4-14-6-5-7-16(10-14)26-23-21(13(2)25-26)17(12-20(28)24-23)22(29)15-8-9-18(27)19(11-15)30-3/h5-11,17,27H,4,12H2,1-3H3,(H,24,28)/t17-/m1/s1. The van der Waals surface area contributed by atoms with E-state index < -0.39 is 5.92 Å². The SMILES string of the molecule is CCc1cccc(-n2nc(C)c3c2NC(=O)C[C@H]3C(=O)c2ccc(O)c(OC)c2)c1. The lowest BCUT2D eigenvalue weighted by atomic mass is 9.85. The van der Waals surface area contributed by atoms with E-state index in [9.17, 15) is 14.7 Å². The molecule has 2 N–H and O–H groups in total. The number of aromatic nitrogens is 2. The van der Waals surface area contributed by atoms with E-state index in [1.54, 1.807) is 4.68 Å². The quantitative estimate of drug-likeness (QED) is 0.631. The van der Waals surface area contributed by atoms with Crippen LogP contribution >= 0.6 is 0 Å². The lowest BCUT2D eigenvalue weighted by Gasteiger charge is -2.23. The van der Waals surface area contributed by atoms with E-state index in [-0.39, 0.29) is 29.6 Å². The Hall–Kier alpha value is -3.61. The van der Waals surface area contributed by atoms with Crippen molar-refractivity contribution in [1.29, 1.82) is 0 Å². The summed E-state index contributed by atoms with van der Waals surface area (Å²) >= 11 is 0. The predicted molar refractivity (Wildman–Crippen MR) is 113 cm³/mol. The average molecular weight is 405 g/mol. The average Bonchev–Trinajstić information content (AvgIpc) is 3.09. The topological polar surface area (TPSA) is 93.5 Å². The summed E-state index contributed by atoms with van der Waals surface area (Å²) in [5, 5.41) is 17.4. The van der Waals surface area contributed by atoms with Gasteiger partial charge < -0.3 is 15.2 Å². The van der Waals surface area contributed by atoms with Gasteiger partial charge in [-0.2, -0.15) is 5.10 Å². The van der Waals surface area contributed by atoms with Crippen molar-refractivity contribution >= 4 is 17.5 Å². The summed E-state index contributed by atoms with van der Waals surface area (Å²) < 4.78 is 6.82. The first kappa shape index (κ1) is 19.7. The van der Waals surface area contributed by atoms with Crippen molar-refractivity contribution in [2.24, 2.45) is 0 Å². The minimum atomic E-state index is -0.661. The molecule has 0 saturated carbocycles. The minimum Gasteiger partial charge on any atom is -0.504 e. The van der Waals surface area contributed by atoms with Crippen LogP contribution in [0.5, 0.6) is 11.5 Å². The summed E-state index contributed by atoms with van der Waals surface area (Å²) in [5.41, 5.74) is 3.76. The molecular weight excluding hydrogens is 382 g/mol. The minimum absolute atomic E-state index is 0.0383. The molecule has 3 aromatic rings. The molecule has 2 heterocycles. The van der Waals surface area contributed by atoms with Gasteiger partial charge in [0.15, 0.2) is 17.3 Å². The zero-order chi connectivity index (χ0) is 21.4. The summed E-state index contributed by atoms with van der Waals surface area (Å²) in [7, 11) is 1.42. The van der Waals surface area contributed by atoms with E-state index in [4.69, 9.17) is 4.74 Å². The number of fused-ring (bicyclic) bond motifs is 1. The van der Waals surface area contributed by atoms with Gasteiger partial charge in [-0.3, -0.25) is 9.59 Å². The number of carbonyl (C=O) groups excluding carboxylic acids is 2. The highest BCUT2D eigenvalue weighted by Gasteiger charge is 2.36. The van der Waals surface area contributed by atoms with Crippen molar-refractivity contribution < 1.29 is 19.4 Å². The number of hydrogen-bond donors (Lipinski definition) is 2. The molecule has 30 heavy (non-hydrogen) atoms. The molecule has 0 unspecified atom stereocenters. The number of methoxy groups -OCH3 is 1. The Morgan fingerprint density at radius 3 is 2.83 bits per heavy atom. The van der Waals surface area contributed by atoms with Gasteiger partial charge in [0.2, 0.25) is 5.91 Å². The Bertz CT molecular complexity index is 1150. The number of hydrogen-bond acceptors (Lipinski definition) is 5. The number of phenolic OH excluding ortho intramolecular Hbond substituents is 1. The molecule has 1 atom stereocenters. The van der Waals surface area contributed by atoms with Crippen molar-refractivity contribution in [3.8, 4) is 17.2 Å². The molecular formula is C23H23N3O4. The molecule has 7 heteroatoms. The molecule has 0 saturated heterocycles. The number of aryl methyl sites for hydroxylation is 2. The van der Waals surface area contributed by atoms with Gasteiger partial charge >= 0.3 is 0 Å². The number of ketones is 1. The van der Waals surface area contributed by atoms with Crippen LogP contribution < -0.4 is 10.1 Å². The summed E-state index contributed by atoms with van der Waals surface area (Å²) in [6, 6.07) is 12.4. The molecule has 0 aliphatic carbocycles. The van der Waals surface area contributed by atoms with Gasteiger partial charge in [0, 0.05) is 17.5 Å². The van der Waals surface area contributed by atoms with E-state index in [2.05, 4.69) is 17.3 Å². The van der Waals surface area contributed by atoms with Crippen molar-refractivity contribution in [3.63, 3.8) is 0 Å². The first-order valence-electron chi connectivity index (χ1n) is 9.82. The van der Waals surface area contributed by atoms with Crippen LogP contribution in [0.1, 0.15) is 46.4 Å². The molecule has 1 aliphatic heterocycles. The number of ether oxygens (including phenoxy) is 1. The summed E-state index contributed by atoms with van der Waals surface area (Å²) in [4.78, 5) is 25.8. The number of Topliss-reactive ketones (excluding diaryl/α,β-unsaturated/α-hetero) is 1. The zero-order valence-corrected chi connectivity index (χ0v) is 17.1. The number of phenols is 1. The van der Waals surface area contributed by atoms with E-state index in [1.165, 1.54) is 25.3 Å². The Morgan fingerprint density at radius 2 is 2.10 bits per heavy atom. The maximum atomic E-state index is 13.3. The van der Waals surface area contributed by atoms with Gasteiger partial charge in [-0.25, -0.2) is 4.68 Å². The monoisotopic (exact) mass is 405 g/mol. The smallest absolute Gasteiger partial charge is 0.226 e. The third-order valence-corrected chi connectivity index (χ3v) is 5.45. The maximum absolute atomic E-state index is 13.3. The van der Waals surface area contributed by atoms with E-state index in [0.717, 1.165) is 17.7 Å². The van der Waals surface area contributed by atoms with Crippen LogP contribution in [-0.4, -0.2) is 33.7 Å². The highest BCUT2D eigenvalue weighted by Crippen LogP contribution is 2.39. The normalized spacial score (nSPS) is 15.4. The molecule has 2 aromatic carbocycles. The van der Waals surface area contributed by atoms with Crippen LogP contribution in [-0.2, 0) is 11.2 Å². The first-order chi connectivity index (χ1) is 14.4. The summed E-state index contributed by atoms with van der Waals surface area (Å²) in [6.45, 7) is 3.92. The molecule has 4 rings (SSSR count). The molecule has 1 aliphatic rings. The summed E-state index contributed by atoms with van der Waals surface area (Å²) in [5.74, 6) is -0.415. The van der Waals surface area contributed by atoms with Gasteiger partial charge in [-0.1, -0.05) is 19.1 Å². The maximum Gasteiger partial charge on any atom is 0.226 e. The molecule has 0 bridgehead atoms. The molecule has 154 valence electrons. The van der Waals surface area contributed by atoms with E-state index in [1.807, 2.05) is 31.2 Å². The fourth-order valence-electron chi connectivity index (χ4n) is 3.90. The van der Waals surface area contributed by atoms with Crippen LogP contribution in [0.25, 0.3) is 5.69 Å². The second-order valence-electron chi connectivity index (χ2n) is 7.34. The number of nitrogens with one attached hydrogen (secondary N) is 1. The second kappa shape index (κ2) is 7.67. The predicted octanol–water partition coefficient (Wildman–Crippen LogP) is 3.77. The molecule has 0 radical (unpaired) electrons. The number of benzene rings is 2. The number of nitrogens with zero attached hydrogens (tertiary/aromatic N) is 2. The van der Waals surface area contributed by atoms with E-state index in [0.29, 0.717) is 22.6 Å². The van der Waals surface area contributed by atoms with Crippen molar-refractivity contribution in [2.45, 2.75) is 32.6 Å². The first-order valence-corrected chi connectivity index (χ1v) is 9.82. The van der Waals surface area contributed by atoms with Crippen molar-refractivity contribution in [1.82, 2.24) is 9.78 Å². The fraction of sp³-hybridized carbons (Fsp3) is 0.261. The van der Waals surface area contributed by atoms with Crippen LogP contribution in [0.3, 0.4) is 0 Å². The van der Waals surface area contributed by atoms with Gasteiger partial charge in [-0.05, 0) is 49.2 Å². The van der Waals surface area contributed by atoms with Crippen molar-refractivity contribution in [2.75, 3.05) is 12.4 Å². The lowest BCUT2D eigenvalue weighted by molar-refractivity contribution is -0.116. The van der Waals surface area contributed by atoms with E-state index >= 15 is 0 Å². The lowest BCUT2D eigenvalue weighted by Crippen LogP contribution is -2.28. The van der Waals surface area contributed by atoms with Crippen LogP contribution in [0, 0.1) is 6.92 Å². The largest absolute Gasteiger partial charge is 0.504 e. The Balaban J connectivity index is 1.80. The van der Waals surface area contributed by atoms with Crippen molar-refractivity contribution in [3.05, 3.63) is 64.8 Å². The highest BCUT2D eigenvalue weighted by molar-refractivity contribution is 6.08. The zero-order valence-electron chi connectivity index (χ0n) is 17.1. The second-order valence-corrected chi connectivity index (χ2v) is 7.34. The number of aromatic hydroxyl groups is 1. The number of rotatable bonds is 5. The van der Waals surface area contributed by atoms with Gasteiger partial charge in [0.1, 0.15) is 5.82 Å². The van der Waals surface area contributed by atoms with Gasteiger partial charge in [0.25, 0.3) is 0 Å². The van der Waals surface area contributed by atoms with Crippen LogP contribution in [0.4, 0.5) is 5.82 Å². The number of carbonyl (C=O) groups is 2. The molecule has 0 spiro atoms. The molecule has 1 amide bonds. The van der Waals surface area contributed by atoms with Gasteiger partial charge in [-0.15, -0.1) is 0 Å². The fourth-order valence-corrected chi connectivity index (χ4v) is 3.90. The molecule has 7 nitrogen and oxygen atoms in total. The van der Waals surface area contributed by atoms with Gasteiger partial charge in [0.05, 0.1) is 24.4 Å². The molecule has 1 aromatic heterocycles.